The van der Waals surface area contributed by atoms with Crippen LogP contribution in [0.3, 0.4) is 0 Å². The van der Waals surface area contributed by atoms with Crippen LogP contribution in [0.15, 0.2) is 12.4 Å². The first-order chi connectivity index (χ1) is 13.3. The van der Waals surface area contributed by atoms with Gasteiger partial charge in [0.1, 0.15) is 5.69 Å². The number of anilines is 1. The number of carbonyl (C=O) groups is 1. The second kappa shape index (κ2) is 7.17. The molecule has 0 aromatic carbocycles. The molecular weight excluding hydrogens is 382 g/mol. The predicted octanol–water partition coefficient (Wildman–Crippen LogP) is 2.85. The average Bonchev–Trinajstić information content (AvgIpc) is 3.12. The minimum absolute atomic E-state index is 0.148. The molecule has 2 atom stereocenters. The zero-order valence-electron chi connectivity index (χ0n) is 16.0. The van der Waals surface area contributed by atoms with Gasteiger partial charge in [-0.3, -0.25) is 0 Å². The lowest BCUT2D eigenvalue weighted by Gasteiger charge is -2.34. The van der Waals surface area contributed by atoms with Gasteiger partial charge in [-0.1, -0.05) is 20.8 Å². The van der Waals surface area contributed by atoms with Crippen molar-refractivity contribution in [3.8, 4) is 16.0 Å². The number of hydrogen-bond donors (Lipinski definition) is 1. The van der Waals surface area contributed by atoms with Gasteiger partial charge < -0.3 is 24.8 Å². The number of thiazole rings is 1. The fourth-order valence-corrected chi connectivity index (χ4v) is 4.52. The first kappa shape index (κ1) is 18.9. The molecule has 10 heteroatoms. The van der Waals surface area contributed by atoms with Gasteiger partial charge in [0, 0.05) is 5.41 Å². The Balaban J connectivity index is 1.54. The number of nitrogens with zero attached hydrogens (tertiary/aromatic N) is 4. The summed E-state index contributed by atoms with van der Waals surface area (Å²) < 4.78 is 16.5. The lowest BCUT2D eigenvalue weighted by molar-refractivity contribution is 0.0897. The number of primary amides is 1. The van der Waals surface area contributed by atoms with Crippen LogP contribution < -0.4 is 20.1 Å². The summed E-state index contributed by atoms with van der Waals surface area (Å²) in [4.78, 5) is 26.6. The van der Waals surface area contributed by atoms with E-state index >= 15 is 0 Å². The zero-order chi connectivity index (χ0) is 19.9. The molecule has 4 heterocycles. The van der Waals surface area contributed by atoms with Gasteiger partial charge in [0.25, 0.3) is 5.19 Å². The van der Waals surface area contributed by atoms with E-state index in [0.717, 1.165) is 37.4 Å². The van der Waals surface area contributed by atoms with Crippen LogP contribution in [0.2, 0.25) is 0 Å². The van der Waals surface area contributed by atoms with Crippen LogP contribution in [0.4, 0.5) is 10.7 Å². The van der Waals surface area contributed by atoms with Gasteiger partial charge in [0.05, 0.1) is 37.7 Å². The third-order valence-corrected chi connectivity index (χ3v) is 5.58. The van der Waals surface area contributed by atoms with Gasteiger partial charge in [-0.05, 0) is 24.2 Å². The second-order valence-electron chi connectivity index (χ2n) is 7.94. The van der Waals surface area contributed by atoms with Gasteiger partial charge in [-0.15, -0.1) is 0 Å². The molecule has 2 aromatic heterocycles. The lowest BCUT2D eigenvalue weighted by atomic mass is 9.93. The number of ether oxygens (including phenoxy) is 3. The van der Waals surface area contributed by atoms with Crippen molar-refractivity contribution in [1.82, 2.24) is 15.0 Å². The zero-order valence-corrected chi connectivity index (χ0v) is 16.9. The fraction of sp³-hybridized carbons (Fsp3) is 0.556. The van der Waals surface area contributed by atoms with Crippen LogP contribution in [-0.4, -0.2) is 46.3 Å². The molecule has 2 fully saturated rings. The van der Waals surface area contributed by atoms with E-state index in [0.29, 0.717) is 34.5 Å². The molecule has 0 saturated carbocycles. The lowest BCUT2D eigenvalue weighted by Crippen LogP contribution is -2.46. The van der Waals surface area contributed by atoms with E-state index in [1.54, 1.807) is 12.4 Å². The Morgan fingerprint density at radius 3 is 2.46 bits per heavy atom. The van der Waals surface area contributed by atoms with Crippen molar-refractivity contribution in [2.75, 3.05) is 18.1 Å². The molecule has 28 heavy (non-hydrogen) atoms. The number of nitrogens with two attached hydrogens (primary N) is 1. The van der Waals surface area contributed by atoms with Gasteiger partial charge in [0.2, 0.25) is 11.0 Å². The Morgan fingerprint density at radius 1 is 1.25 bits per heavy atom. The Kier molecular flexibility index (Phi) is 4.84. The quantitative estimate of drug-likeness (QED) is 0.826. The largest absolute Gasteiger partial charge is 0.441 e. The fourth-order valence-electron chi connectivity index (χ4n) is 3.52. The first-order valence-corrected chi connectivity index (χ1v) is 9.97. The monoisotopic (exact) mass is 405 g/mol. The number of fused-ring (bicyclic) bond motifs is 2. The third-order valence-electron chi connectivity index (χ3n) is 4.77. The second-order valence-corrected chi connectivity index (χ2v) is 8.86. The molecule has 0 radical (unpaired) electrons. The van der Waals surface area contributed by atoms with Gasteiger partial charge in [0.15, 0.2) is 5.75 Å². The summed E-state index contributed by atoms with van der Waals surface area (Å²) in [6, 6.07) is 0.682. The molecule has 2 unspecified atom stereocenters. The molecule has 2 aliphatic rings. The van der Waals surface area contributed by atoms with Crippen molar-refractivity contribution in [3.63, 3.8) is 0 Å². The molecule has 150 valence electrons. The standard InChI is InChI=1S/C18H23N5O4S/c1-18(2,3)13-14(28-17(22-13)27-15(19)24)26-12-6-20-16(21-7-12)23-10-4-5-11(23)9-25-8-10/h6-7,10-11H,4-5,8-9H2,1-3H3,(H2,19,24). The van der Waals surface area contributed by atoms with Crippen LogP contribution in [0.5, 0.6) is 16.0 Å². The predicted molar refractivity (Wildman–Crippen MR) is 103 cm³/mol. The topological polar surface area (TPSA) is 113 Å². The number of hydrogen-bond acceptors (Lipinski definition) is 9. The van der Waals surface area contributed by atoms with Crippen LogP contribution in [0.25, 0.3) is 0 Å². The van der Waals surface area contributed by atoms with Crippen molar-refractivity contribution >= 4 is 23.4 Å². The molecule has 2 N–H and O–H groups in total. The molecule has 1 amide bonds. The molecule has 0 aliphatic carbocycles. The number of carbonyl (C=O) groups excluding carboxylic acids is 1. The maximum atomic E-state index is 11.0. The maximum absolute atomic E-state index is 11.0. The Bertz CT molecular complexity index is 848. The van der Waals surface area contributed by atoms with Crippen molar-refractivity contribution < 1.29 is 19.0 Å². The van der Waals surface area contributed by atoms with Gasteiger partial charge in [-0.2, -0.15) is 0 Å². The molecule has 4 rings (SSSR count). The first-order valence-electron chi connectivity index (χ1n) is 9.16. The van der Waals surface area contributed by atoms with Crippen LogP contribution in [0, 0.1) is 0 Å². The molecule has 2 bridgehead atoms. The average molecular weight is 405 g/mol. The third kappa shape index (κ3) is 3.74. The highest BCUT2D eigenvalue weighted by Crippen LogP contribution is 2.41. The van der Waals surface area contributed by atoms with E-state index in [1.807, 2.05) is 20.8 Å². The van der Waals surface area contributed by atoms with E-state index in [9.17, 15) is 4.79 Å². The Hall–Kier alpha value is -2.46. The summed E-state index contributed by atoms with van der Waals surface area (Å²) in [5, 5.41) is 0.668. The van der Waals surface area contributed by atoms with Crippen LogP contribution >= 0.6 is 11.3 Å². The van der Waals surface area contributed by atoms with Crippen molar-refractivity contribution in [1.29, 1.82) is 0 Å². The molecule has 2 aromatic rings. The van der Waals surface area contributed by atoms with Crippen LogP contribution in [0.1, 0.15) is 39.3 Å². The summed E-state index contributed by atoms with van der Waals surface area (Å²) in [7, 11) is 0. The summed E-state index contributed by atoms with van der Waals surface area (Å²) in [6.07, 6.45) is 4.60. The van der Waals surface area contributed by atoms with Crippen LogP contribution in [-0.2, 0) is 10.2 Å². The molecule has 2 aliphatic heterocycles. The van der Waals surface area contributed by atoms with Crippen molar-refractivity contribution in [3.05, 3.63) is 18.1 Å². The van der Waals surface area contributed by atoms with Crippen molar-refractivity contribution in [2.24, 2.45) is 5.73 Å². The molecule has 2 saturated heterocycles. The highest BCUT2D eigenvalue weighted by molar-refractivity contribution is 7.15. The summed E-state index contributed by atoms with van der Waals surface area (Å²) in [5.41, 5.74) is 5.46. The summed E-state index contributed by atoms with van der Waals surface area (Å²) in [5.74, 6) is 1.19. The number of rotatable bonds is 4. The van der Waals surface area contributed by atoms with Crippen molar-refractivity contribution in [2.45, 2.75) is 51.1 Å². The minimum Gasteiger partial charge on any atom is -0.441 e. The number of morpholine rings is 1. The van der Waals surface area contributed by atoms with E-state index in [2.05, 4.69) is 19.9 Å². The molecule has 9 nitrogen and oxygen atoms in total. The van der Waals surface area contributed by atoms with E-state index in [-0.39, 0.29) is 10.6 Å². The molecular formula is C18H23N5O4S. The van der Waals surface area contributed by atoms with Gasteiger partial charge >= 0.3 is 6.09 Å². The number of aromatic nitrogens is 3. The minimum atomic E-state index is -0.909. The normalized spacial score (nSPS) is 21.6. The maximum Gasteiger partial charge on any atom is 0.411 e. The summed E-state index contributed by atoms with van der Waals surface area (Å²) in [6.45, 7) is 7.43. The SMILES string of the molecule is CC(C)(C)c1nc(OC(N)=O)sc1Oc1cnc(N2C3CCC2COC3)nc1. The smallest absolute Gasteiger partial charge is 0.411 e. The highest BCUT2D eigenvalue weighted by Gasteiger charge is 2.38. The molecule has 0 spiro atoms. The van der Waals surface area contributed by atoms with E-state index in [4.69, 9.17) is 19.9 Å². The summed E-state index contributed by atoms with van der Waals surface area (Å²) >= 11 is 1.11. The van der Waals surface area contributed by atoms with Gasteiger partial charge in [-0.25, -0.2) is 19.7 Å². The Labute approximate surface area is 166 Å². The van der Waals surface area contributed by atoms with E-state index in [1.165, 1.54) is 0 Å². The Morgan fingerprint density at radius 2 is 1.89 bits per heavy atom. The highest BCUT2D eigenvalue weighted by atomic mass is 32.1. The number of amides is 1. The van der Waals surface area contributed by atoms with E-state index < -0.39 is 6.09 Å².